The van der Waals surface area contributed by atoms with Crippen LogP contribution in [-0.2, 0) is 23.5 Å². The summed E-state index contributed by atoms with van der Waals surface area (Å²) >= 11 is 0. The van der Waals surface area contributed by atoms with Gasteiger partial charge in [-0.3, -0.25) is 19.1 Å². The van der Waals surface area contributed by atoms with E-state index in [1.165, 1.54) is 0 Å². The van der Waals surface area contributed by atoms with E-state index in [0.717, 1.165) is 11.4 Å². The third-order valence-electron chi connectivity index (χ3n) is 2.94. The molecule has 10 nitrogen and oxygen atoms in total. The summed E-state index contributed by atoms with van der Waals surface area (Å²) in [6.45, 7) is 6.15. The van der Waals surface area contributed by atoms with Crippen LogP contribution in [0.1, 0.15) is 25.2 Å². The van der Waals surface area contributed by atoms with Crippen molar-refractivity contribution in [2.45, 2.75) is 39.1 Å². The zero-order chi connectivity index (χ0) is 22.1. The van der Waals surface area contributed by atoms with Crippen LogP contribution in [0, 0.1) is 0 Å². The average Bonchev–Trinajstić information content (AvgIpc) is 2.62. The van der Waals surface area contributed by atoms with Crippen molar-refractivity contribution < 1.29 is 27.7 Å². The van der Waals surface area contributed by atoms with Crippen molar-refractivity contribution in [1.82, 2.24) is 20.6 Å². The summed E-state index contributed by atoms with van der Waals surface area (Å²) < 4.78 is 31.6. The van der Waals surface area contributed by atoms with Crippen molar-refractivity contribution >= 4 is 10.4 Å². The average molecular weight is 431 g/mol. The molecule has 0 spiro atoms. The van der Waals surface area contributed by atoms with Crippen molar-refractivity contribution in [1.29, 1.82) is 0 Å². The van der Waals surface area contributed by atoms with Gasteiger partial charge in [-0.1, -0.05) is 12.1 Å². The Morgan fingerprint density at radius 1 is 0.828 bits per heavy atom. The minimum Gasteiger partial charge on any atom is -0.392 e. The first-order chi connectivity index (χ1) is 13.6. The van der Waals surface area contributed by atoms with E-state index in [1.54, 1.807) is 26.2 Å². The summed E-state index contributed by atoms with van der Waals surface area (Å²) in [6.07, 6.45) is 2.93. The molecule has 6 N–H and O–H groups in total. The summed E-state index contributed by atoms with van der Waals surface area (Å²) in [5, 5.41) is 24.1. The molecule has 0 aliphatic heterocycles. The van der Waals surface area contributed by atoms with E-state index in [0.29, 0.717) is 26.2 Å². The highest BCUT2D eigenvalue weighted by Gasteiger charge is 1.96. The van der Waals surface area contributed by atoms with Crippen molar-refractivity contribution in [3.05, 3.63) is 60.2 Å². The largest absolute Gasteiger partial charge is 0.394 e. The van der Waals surface area contributed by atoms with Crippen LogP contribution in [0.3, 0.4) is 0 Å². The van der Waals surface area contributed by atoms with E-state index >= 15 is 0 Å². The molecule has 2 rings (SSSR count). The van der Waals surface area contributed by atoms with Crippen LogP contribution in [0.25, 0.3) is 0 Å². The van der Waals surface area contributed by atoms with Gasteiger partial charge in [0.1, 0.15) is 0 Å². The number of hydrogen-bond donors (Lipinski definition) is 6. The standard InChI is InChI=1S/2C9H14N2O.H2O4S/c2*1-8(12)6-10-7-9-4-2-3-5-11-9;1-5(2,3)4/h2*2-5,8,10,12H,6-7H2,1H3;(H2,1,2,3,4). The molecule has 0 fully saturated rings. The Kier molecular flexibility index (Phi) is 14.8. The van der Waals surface area contributed by atoms with Crippen LogP contribution >= 0.6 is 0 Å². The first kappa shape index (κ1) is 27.0. The lowest BCUT2D eigenvalue weighted by atomic mass is 10.3. The lowest BCUT2D eigenvalue weighted by molar-refractivity contribution is 0.190. The third-order valence-corrected chi connectivity index (χ3v) is 2.94. The SMILES string of the molecule is CC(O)CNCc1ccccn1.CC(O)CNCc1ccccn1.O=S(=O)(O)O. The van der Waals surface area contributed by atoms with E-state index in [1.807, 2.05) is 36.4 Å². The number of aromatic nitrogens is 2. The van der Waals surface area contributed by atoms with Crippen molar-refractivity contribution in [2.24, 2.45) is 0 Å². The molecule has 2 heterocycles. The maximum absolute atomic E-state index is 8.95. The molecule has 2 aromatic rings. The smallest absolute Gasteiger partial charge is 0.392 e. The van der Waals surface area contributed by atoms with Crippen LogP contribution in [0.5, 0.6) is 0 Å². The quantitative estimate of drug-likeness (QED) is 0.324. The second-order valence-electron chi connectivity index (χ2n) is 6.05. The number of aliphatic hydroxyl groups excluding tert-OH is 2. The van der Waals surface area contributed by atoms with Gasteiger partial charge in [0.2, 0.25) is 0 Å². The van der Waals surface area contributed by atoms with E-state index in [-0.39, 0.29) is 12.2 Å². The van der Waals surface area contributed by atoms with Crippen molar-refractivity contribution in [3.8, 4) is 0 Å². The van der Waals surface area contributed by atoms with Gasteiger partial charge in [0.05, 0.1) is 23.6 Å². The molecular weight excluding hydrogens is 400 g/mol. The van der Waals surface area contributed by atoms with E-state index in [9.17, 15) is 0 Å². The zero-order valence-corrected chi connectivity index (χ0v) is 17.3. The van der Waals surface area contributed by atoms with Crippen LogP contribution in [0.15, 0.2) is 48.8 Å². The van der Waals surface area contributed by atoms with Gasteiger partial charge in [-0.15, -0.1) is 0 Å². The molecular formula is C18H30N4O6S. The predicted octanol–water partition coefficient (Wildman–Crippen LogP) is 0.451. The van der Waals surface area contributed by atoms with Crippen LogP contribution in [0.4, 0.5) is 0 Å². The van der Waals surface area contributed by atoms with Gasteiger partial charge < -0.3 is 20.8 Å². The highest BCUT2D eigenvalue weighted by atomic mass is 32.3. The minimum absolute atomic E-state index is 0.297. The minimum atomic E-state index is -4.67. The molecule has 2 aromatic heterocycles. The van der Waals surface area contributed by atoms with Gasteiger partial charge in [0.15, 0.2) is 0 Å². The molecule has 164 valence electrons. The molecule has 0 saturated heterocycles. The van der Waals surface area contributed by atoms with Gasteiger partial charge in [0, 0.05) is 38.6 Å². The first-order valence-electron chi connectivity index (χ1n) is 8.85. The predicted molar refractivity (Wildman–Crippen MR) is 109 cm³/mol. The lowest BCUT2D eigenvalue weighted by Crippen LogP contribution is -2.24. The Balaban J connectivity index is 0.000000442. The molecule has 11 heteroatoms. The highest BCUT2D eigenvalue weighted by Crippen LogP contribution is 1.92. The molecule has 0 aliphatic rings. The normalized spacial score (nSPS) is 12.6. The molecule has 0 amide bonds. The Bertz CT molecular complexity index is 673. The van der Waals surface area contributed by atoms with Crippen LogP contribution < -0.4 is 10.6 Å². The number of pyridine rings is 2. The maximum Gasteiger partial charge on any atom is 0.394 e. The monoisotopic (exact) mass is 430 g/mol. The van der Waals surface area contributed by atoms with Crippen LogP contribution in [-0.4, -0.2) is 63.0 Å². The number of nitrogens with one attached hydrogen (secondary N) is 2. The molecule has 2 unspecified atom stereocenters. The summed E-state index contributed by atoms with van der Waals surface area (Å²) in [7, 11) is -4.67. The highest BCUT2D eigenvalue weighted by molar-refractivity contribution is 7.79. The molecule has 0 saturated carbocycles. The van der Waals surface area contributed by atoms with Gasteiger partial charge in [0.25, 0.3) is 0 Å². The Hall–Kier alpha value is -1.99. The Morgan fingerprint density at radius 3 is 1.41 bits per heavy atom. The Morgan fingerprint density at radius 2 is 1.17 bits per heavy atom. The molecule has 0 radical (unpaired) electrons. The second kappa shape index (κ2) is 15.9. The summed E-state index contributed by atoms with van der Waals surface area (Å²) in [5.41, 5.74) is 2.00. The summed E-state index contributed by atoms with van der Waals surface area (Å²) in [6, 6.07) is 11.6. The van der Waals surface area contributed by atoms with Crippen LogP contribution in [0.2, 0.25) is 0 Å². The first-order valence-corrected chi connectivity index (χ1v) is 10.2. The molecule has 0 aliphatic carbocycles. The fraction of sp³-hybridized carbons (Fsp3) is 0.444. The van der Waals surface area contributed by atoms with Crippen molar-refractivity contribution in [2.75, 3.05) is 13.1 Å². The van der Waals surface area contributed by atoms with Gasteiger partial charge >= 0.3 is 10.4 Å². The van der Waals surface area contributed by atoms with E-state index in [4.69, 9.17) is 27.7 Å². The second-order valence-corrected chi connectivity index (χ2v) is 6.95. The fourth-order valence-electron chi connectivity index (χ4n) is 1.82. The molecule has 0 aromatic carbocycles. The van der Waals surface area contributed by atoms with Gasteiger partial charge in [-0.2, -0.15) is 8.42 Å². The fourth-order valence-corrected chi connectivity index (χ4v) is 1.82. The summed E-state index contributed by atoms with van der Waals surface area (Å²) in [4.78, 5) is 8.26. The number of rotatable bonds is 8. The van der Waals surface area contributed by atoms with E-state index in [2.05, 4.69) is 20.6 Å². The van der Waals surface area contributed by atoms with Gasteiger partial charge in [-0.05, 0) is 38.1 Å². The number of aliphatic hydroxyl groups is 2. The lowest BCUT2D eigenvalue weighted by Gasteiger charge is -2.05. The molecule has 2 atom stereocenters. The van der Waals surface area contributed by atoms with Gasteiger partial charge in [-0.25, -0.2) is 0 Å². The topological polar surface area (TPSA) is 165 Å². The maximum atomic E-state index is 8.95. The summed E-state index contributed by atoms with van der Waals surface area (Å²) in [5.74, 6) is 0. The molecule has 0 bridgehead atoms. The Labute approximate surface area is 171 Å². The number of hydrogen-bond acceptors (Lipinski definition) is 8. The third kappa shape index (κ3) is 22.2. The molecule has 29 heavy (non-hydrogen) atoms. The van der Waals surface area contributed by atoms with Crippen molar-refractivity contribution in [3.63, 3.8) is 0 Å². The van der Waals surface area contributed by atoms with E-state index < -0.39 is 10.4 Å². The number of nitrogens with zero attached hydrogens (tertiary/aromatic N) is 2. The zero-order valence-electron chi connectivity index (χ0n) is 16.5.